The number of rotatable bonds is 8. The topological polar surface area (TPSA) is 24.6 Å². The molecule has 0 atom stereocenters. The lowest BCUT2D eigenvalue weighted by Gasteiger charge is -2.46. The van der Waals surface area contributed by atoms with Gasteiger partial charge in [-0.3, -0.25) is 0 Å². The van der Waals surface area contributed by atoms with Gasteiger partial charge in [0, 0.05) is 55.7 Å². The Morgan fingerprint density at radius 2 is 0.767 bits per heavy atom. The Labute approximate surface area is 616 Å². The van der Waals surface area contributed by atoms with Gasteiger partial charge in [0.25, 0.3) is 6.71 Å². The average molecular weight is 1340 g/mol. The third-order valence-electron chi connectivity index (χ3n) is 21.8. The molecule has 0 saturated heterocycles. The molecule has 5 heteroatoms. The Morgan fingerprint density at radius 1 is 0.311 bits per heavy atom. The van der Waals surface area contributed by atoms with Crippen molar-refractivity contribution in [1.29, 1.82) is 0 Å². The number of benzene rings is 13. The van der Waals surface area contributed by atoms with E-state index in [1.165, 1.54) is 38.6 Å². The van der Waals surface area contributed by atoms with Crippen LogP contribution in [0.15, 0.2) is 277 Å². The standard InChI is InChI=1S/C98H90BN3O/c1-94(2,3)69-41-46-82-78(56-69)79-57-70(95(4,5)6)42-47-83(79)100(82)74-43-45-81-85(60-74)102(93-76(63-34-24-18-25-35-63)58-73(98(13,14)15)59-77(93)64-36-26-19-27-37-64)88-53-67(66-48-71(96(7,8)9)55-72(49-66)97(10,11)12)52-87-92(88)99(81)80-44-40-65(61-30-20-16-21-31-61)50-84(80)101(87)86-51-68(62-32-22-17-23-33-62)54-90-91(86)75-38-28-29-39-89(75)103-90/h16-60H,1-15H3/i16D,20D,21D,30D,31D. The van der Waals surface area contributed by atoms with Crippen molar-refractivity contribution < 1.29 is 11.3 Å². The summed E-state index contributed by atoms with van der Waals surface area (Å²) in [5.74, 6) is 0. The molecule has 506 valence electrons. The molecular weight excluding hydrogens is 1250 g/mol. The number of para-hydroxylation sites is 1. The van der Waals surface area contributed by atoms with Gasteiger partial charge in [-0.1, -0.05) is 292 Å². The van der Waals surface area contributed by atoms with E-state index < -0.39 is 12.8 Å². The molecule has 4 nitrogen and oxygen atoms in total. The quantitative estimate of drug-likeness (QED) is 0.142. The van der Waals surface area contributed by atoms with Crippen LogP contribution in [-0.2, 0) is 27.1 Å². The van der Waals surface area contributed by atoms with Gasteiger partial charge in [-0.25, -0.2) is 0 Å². The summed E-state index contributed by atoms with van der Waals surface area (Å²) in [4.78, 5) is 5.08. The second kappa shape index (κ2) is 23.9. The molecule has 17 rings (SSSR count). The third kappa shape index (κ3) is 11.2. The highest BCUT2D eigenvalue weighted by Crippen LogP contribution is 2.55. The molecule has 2 aromatic heterocycles. The van der Waals surface area contributed by atoms with Gasteiger partial charge in [0.15, 0.2) is 0 Å². The maximum atomic E-state index is 9.66. The summed E-state index contributed by atoms with van der Waals surface area (Å²) in [6, 6.07) is 88.2. The SMILES string of the molecule is [2H]c1c([2H])c([2H])c(-c2ccc3c(c2)N(c2cc(-c4ccccc4)cc4oc5ccccc5c24)c2cc(-c4cc(C(C)(C)C)cc(C(C)(C)C)c4)cc4c2B3c2ccc(-n3c5ccc(C(C)(C)C)cc5c5cc(C(C)(C)C)ccc53)cc2N4c2c(-c3ccccc3)cc(C(C)(C)C)cc2-c2ccccc2)c([2H])c1[2H]. The van der Waals surface area contributed by atoms with E-state index in [9.17, 15) is 2.74 Å². The lowest BCUT2D eigenvalue weighted by Crippen LogP contribution is -2.61. The lowest BCUT2D eigenvalue weighted by atomic mass is 9.33. The number of fused-ring (bicyclic) bond motifs is 10. The van der Waals surface area contributed by atoms with Crippen LogP contribution in [0.5, 0.6) is 0 Å². The Morgan fingerprint density at radius 3 is 1.32 bits per heavy atom. The zero-order valence-electron chi connectivity index (χ0n) is 66.9. The van der Waals surface area contributed by atoms with Gasteiger partial charge in [0.2, 0.25) is 0 Å². The molecule has 0 saturated carbocycles. The van der Waals surface area contributed by atoms with E-state index in [0.717, 1.165) is 128 Å². The molecule has 4 heterocycles. The number of hydrogen-bond donors (Lipinski definition) is 0. The maximum absolute atomic E-state index is 9.66. The predicted octanol–water partition coefficient (Wildman–Crippen LogP) is 25.6. The molecule has 0 N–H and O–H groups in total. The fraction of sp³-hybridized carbons (Fsp3) is 0.204. The normalized spacial score (nSPS) is 14.0. The van der Waals surface area contributed by atoms with Gasteiger partial charge < -0.3 is 18.8 Å². The van der Waals surface area contributed by atoms with Gasteiger partial charge in [-0.15, -0.1) is 0 Å². The second-order valence-electron chi connectivity index (χ2n) is 33.9. The number of hydrogen-bond acceptors (Lipinski definition) is 3. The number of aromatic nitrogens is 1. The summed E-state index contributed by atoms with van der Waals surface area (Å²) in [5, 5.41) is 4.26. The molecule has 0 unspecified atom stereocenters. The van der Waals surface area contributed by atoms with E-state index in [0.29, 0.717) is 11.1 Å². The first-order valence-electron chi connectivity index (χ1n) is 39.0. The number of furan rings is 1. The molecule has 13 aromatic carbocycles. The summed E-state index contributed by atoms with van der Waals surface area (Å²) in [5.41, 5.74) is 27.7. The van der Waals surface area contributed by atoms with Crippen LogP contribution in [0.4, 0.5) is 34.1 Å². The van der Waals surface area contributed by atoms with E-state index in [1.54, 1.807) is 0 Å². The van der Waals surface area contributed by atoms with Crippen molar-refractivity contribution in [2.75, 3.05) is 9.80 Å². The van der Waals surface area contributed by atoms with Crippen LogP contribution in [0, 0.1) is 0 Å². The summed E-state index contributed by atoms with van der Waals surface area (Å²) in [6.45, 7) is 34.1. The number of nitrogens with zero attached hydrogens (tertiary/aromatic N) is 3. The predicted molar refractivity (Wildman–Crippen MR) is 443 cm³/mol. The van der Waals surface area contributed by atoms with Crippen molar-refractivity contribution in [2.24, 2.45) is 0 Å². The molecule has 15 aromatic rings. The highest BCUT2D eigenvalue weighted by Gasteiger charge is 2.46. The Hall–Kier alpha value is -10.9. The Bertz CT molecular complexity index is 6020. The number of anilines is 6. The molecule has 2 aliphatic heterocycles. The van der Waals surface area contributed by atoms with Crippen molar-refractivity contribution in [3.8, 4) is 61.3 Å². The average Bonchev–Trinajstić information content (AvgIpc) is 0.767. The first kappa shape index (κ1) is 59.8. The minimum absolute atomic E-state index is 0.107. The molecule has 0 aliphatic carbocycles. The first-order chi connectivity index (χ1) is 51.3. The Kier molecular flexibility index (Phi) is 13.8. The van der Waals surface area contributed by atoms with Crippen LogP contribution in [0.25, 0.3) is 105 Å². The first-order valence-corrected chi connectivity index (χ1v) is 36.5. The fourth-order valence-corrected chi connectivity index (χ4v) is 16.0. The smallest absolute Gasteiger partial charge is 0.252 e. The molecule has 0 radical (unpaired) electrons. The van der Waals surface area contributed by atoms with Gasteiger partial charge >= 0.3 is 0 Å². The summed E-state index contributed by atoms with van der Waals surface area (Å²) >= 11 is 0. The van der Waals surface area contributed by atoms with E-state index in [1.807, 2.05) is 24.3 Å². The minimum atomic E-state index is -0.458. The van der Waals surface area contributed by atoms with E-state index >= 15 is 0 Å². The molecule has 2 aliphatic rings. The van der Waals surface area contributed by atoms with Crippen LogP contribution in [0.3, 0.4) is 0 Å². The second-order valence-corrected chi connectivity index (χ2v) is 33.9. The molecule has 0 bridgehead atoms. The van der Waals surface area contributed by atoms with E-state index in [4.69, 9.17) is 8.53 Å². The zero-order chi connectivity index (χ0) is 75.7. The summed E-state index contributed by atoms with van der Waals surface area (Å²) in [6.07, 6.45) is 0. The van der Waals surface area contributed by atoms with Crippen molar-refractivity contribution in [3.63, 3.8) is 0 Å². The molecule has 0 spiro atoms. The fourth-order valence-electron chi connectivity index (χ4n) is 16.0. The largest absolute Gasteiger partial charge is 0.456 e. The van der Waals surface area contributed by atoms with E-state index in [2.05, 4.69) is 337 Å². The van der Waals surface area contributed by atoms with Gasteiger partial charge in [-0.05, 0) is 201 Å². The monoisotopic (exact) mass is 1340 g/mol. The highest BCUT2D eigenvalue weighted by atomic mass is 16.3. The summed E-state index contributed by atoms with van der Waals surface area (Å²) in [7, 11) is 0. The van der Waals surface area contributed by atoms with Gasteiger partial charge in [-0.2, -0.15) is 0 Å². The Balaban J connectivity index is 1.09. The van der Waals surface area contributed by atoms with Crippen LogP contribution < -0.4 is 26.2 Å². The molecule has 0 fully saturated rings. The summed E-state index contributed by atoms with van der Waals surface area (Å²) < 4.78 is 56.1. The highest BCUT2D eigenvalue weighted by molar-refractivity contribution is 7.00. The van der Waals surface area contributed by atoms with Crippen LogP contribution in [-0.4, -0.2) is 11.3 Å². The maximum Gasteiger partial charge on any atom is 0.252 e. The lowest BCUT2D eigenvalue weighted by molar-refractivity contribution is 0.569. The van der Waals surface area contributed by atoms with Crippen molar-refractivity contribution in [1.82, 2.24) is 4.57 Å². The van der Waals surface area contributed by atoms with Crippen molar-refractivity contribution in [3.05, 3.63) is 301 Å². The molecule has 0 amide bonds. The van der Waals surface area contributed by atoms with Crippen molar-refractivity contribution in [2.45, 2.75) is 131 Å². The molecule has 103 heavy (non-hydrogen) atoms. The minimum Gasteiger partial charge on any atom is -0.456 e. The van der Waals surface area contributed by atoms with Crippen LogP contribution >= 0.6 is 0 Å². The van der Waals surface area contributed by atoms with Gasteiger partial charge in [0.1, 0.15) is 11.2 Å². The van der Waals surface area contributed by atoms with Gasteiger partial charge in [0.05, 0.1) is 34.6 Å². The zero-order valence-corrected chi connectivity index (χ0v) is 61.9. The molecular formula is C98H90BN3O. The van der Waals surface area contributed by atoms with Crippen LogP contribution in [0.1, 0.15) is 139 Å². The van der Waals surface area contributed by atoms with E-state index in [-0.39, 0.29) is 56.8 Å². The van der Waals surface area contributed by atoms with Crippen molar-refractivity contribution >= 4 is 101 Å². The van der Waals surface area contributed by atoms with Crippen LogP contribution in [0.2, 0.25) is 0 Å². The third-order valence-corrected chi connectivity index (χ3v) is 21.8.